The van der Waals surface area contributed by atoms with Crippen LogP contribution < -0.4 is 4.74 Å². The van der Waals surface area contributed by atoms with Crippen molar-refractivity contribution in [2.24, 2.45) is 0 Å². The van der Waals surface area contributed by atoms with Crippen molar-refractivity contribution in [1.82, 2.24) is 4.90 Å². The molecule has 0 saturated heterocycles. The lowest BCUT2D eigenvalue weighted by atomic mass is 10.1. The van der Waals surface area contributed by atoms with Gasteiger partial charge in [-0.3, -0.25) is 4.79 Å². The summed E-state index contributed by atoms with van der Waals surface area (Å²) in [6.45, 7) is 0. The highest BCUT2D eigenvalue weighted by atomic mass is 19.4. The maximum atomic E-state index is 12.5. The van der Waals surface area contributed by atoms with Crippen molar-refractivity contribution in [2.75, 3.05) is 7.05 Å². The summed E-state index contributed by atoms with van der Waals surface area (Å²) >= 11 is 0. The van der Waals surface area contributed by atoms with E-state index in [0.29, 0.717) is 5.56 Å². The minimum atomic E-state index is -4.71. The number of aryl methyl sites for hydroxylation is 1. The van der Waals surface area contributed by atoms with Crippen molar-refractivity contribution in [3.05, 3.63) is 65.2 Å². The number of nitrogens with zero attached hydrogens (tertiary/aromatic N) is 1. The third-order valence-corrected chi connectivity index (χ3v) is 4.47. The van der Waals surface area contributed by atoms with Crippen molar-refractivity contribution in [2.45, 2.75) is 31.7 Å². The predicted octanol–water partition coefficient (Wildman–Crippen LogP) is 4.27. The minimum Gasteiger partial charge on any atom is -0.406 e. The first-order valence-electron chi connectivity index (χ1n) is 8.01. The average Bonchev–Trinajstić information content (AvgIpc) is 2.98. The molecule has 0 fully saturated rings. The van der Waals surface area contributed by atoms with E-state index in [1.54, 1.807) is 11.9 Å². The highest BCUT2D eigenvalue weighted by Gasteiger charge is 2.31. The fourth-order valence-electron chi connectivity index (χ4n) is 3.22. The molecule has 0 spiro atoms. The van der Waals surface area contributed by atoms with Crippen LogP contribution in [0.25, 0.3) is 0 Å². The quantitative estimate of drug-likeness (QED) is 0.825. The number of hydrogen-bond donors (Lipinski definition) is 0. The van der Waals surface area contributed by atoms with Crippen LogP contribution in [0.2, 0.25) is 0 Å². The smallest absolute Gasteiger partial charge is 0.406 e. The van der Waals surface area contributed by atoms with E-state index < -0.39 is 6.36 Å². The first-order valence-corrected chi connectivity index (χ1v) is 8.01. The second-order valence-electron chi connectivity index (χ2n) is 6.13. The van der Waals surface area contributed by atoms with E-state index in [4.69, 9.17) is 0 Å². The molecule has 6 heteroatoms. The van der Waals surface area contributed by atoms with Gasteiger partial charge in [-0.1, -0.05) is 36.4 Å². The third-order valence-electron chi connectivity index (χ3n) is 4.47. The summed E-state index contributed by atoms with van der Waals surface area (Å²) in [6.07, 6.45) is -2.74. The Morgan fingerprint density at radius 1 is 1.16 bits per heavy atom. The monoisotopic (exact) mass is 349 g/mol. The maximum Gasteiger partial charge on any atom is 0.573 e. The van der Waals surface area contributed by atoms with Crippen LogP contribution in [-0.2, 0) is 17.6 Å². The van der Waals surface area contributed by atoms with Gasteiger partial charge in [0.2, 0.25) is 5.91 Å². The number of fused-ring (bicyclic) bond motifs is 1. The van der Waals surface area contributed by atoms with Gasteiger partial charge in [-0.25, -0.2) is 0 Å². The Morgan fingerprint density at radius 2 is 1.84 bits per heavy atom. The topological polar surface area (TPSA) is 29.5 Å². The standard InChI is InChI=1S/C19H18F3NO2/c1-23(17-11-8-14-4-2-3-5-16(14)17)18(24)12-13-6-9-15(10-7-13)25-19(20,21)22/h2-7,9-10,17H,8,11-12H2,1H3. The summed E-state index contributed by atoms with van der Waals surface area (Å²) in [6, 6.07) is 13.5. The van der Waals surface area contributed by atoms with Crippen LogP contribution in [0.5, 0.6) is 5.75 Å². The molecule has 0 radical (unpaired) electrons. The summed E-state index contributed by atoms with van der Waals surface area (Å²) in [7, 11) is 1.77. The summed E-state index contributed by atoms with van der Waals surface area (Å²) < 4.78 is 40.3. The van der Waals surface area contributed by atoms with Crippen LogP contribution in [-0.4, -0.2) is 24.2 Å². The fourth-order valence-corrected chi connectivity index (χ4v) is 3.22. The normalized spacial score (nSPS) is 16.4. The van der Waals surface area contributed by atoms with Crippen molar-refractivity contribution < 1.29 is 22.7 Å². The molecular weight excluding hydrogens is 331 g/mol. The molecule has 0 heterocycles. The number of halogens is 3. The van der Waals surface area contributed by atoms with E-state index in [1.165, 1.54) is 35.4 Å². The maximum absolute atomic E-state index is 12.5. The van der Waals surface area contributed by atoms with E-state index >= 15 is 0 Å². The molecule has 1 unspecified atom stereocenters. The molecule has 1 aliphatic carbocycles. The predicted molar refractivity (Wildman–Crippen MR) is 87.1 cm³/mol. The molecule has 25 heavy (non-hydrogen) atoms. The van der Waals surface area contributed by atoms with Gasteiger partial charge >= 0.3 is 6.36 Å². The third kappa shape index (κ3) is 4.13. The van der Waals surface area contributed by atoms with E-state index in [2.05, 4.69) is 10.8 Å². The summed E-state index contributed by atoms with van der Waals surface area (Å²) in [4.78, 5) is 14.3. The van der Waals surface area contributed by atoms with E-state index in [0.717, 1.165) is 12.8 Å². The summed E-state index contributed by atoms with van der Waals surface area (Å²) in [5, 5.41) is 0. The van der Waals surface area contributed by atoms with Gasteiger partial charge < -0.3 is 9.64 Å². The Bertz CT molecular complexity index is 756. The number of amides is 1. The van der Waals surface area contributed by atoms with Crippen molar-refractivity contribution >= 4 is 5.91 Å². The van der Waals surface area contributed by atoms with Gasteiger partial charge in [0.25, 0.3) is 0 Å². The lowest BCUT2D eigenvalue weighted by Crippen LogP contribution is -2.31. The summed E-state index contributed by atoms with van der Waals surface area (Å²) in [5.74, 6) is -0.354. The van der Waals surface area contributed by atoms with Gasteiger partial charge in [0.05, 0.1) is 12.5 Å². The number of benzene rings is 2. The lowest BCUT2D eigenvalue weighted by Gasteiger charge is -2.25. The van der Waals surface area contributed by atoms with Crippen molar-refractivity contribution in [1.29, 1.82) is 0 Å². The number of carbonyl (C=O) groups is 1. The van der Waals surface area contributed by atoms with Gasteiger partial charge in [-0.15, -0.1) is 13.2 Å². The van der Waals surface area contributed by atoms with Crippen LogP contribution in [0.15, 0.2) is 48.5 Å². The molecule has 2 aromatic rings. The van der Waals surface area contributed by atoms with Crippen LogP contribution in [0.1, 0.15) is 29.2 Å². The molecule has 1 aliphatic rings. The van der Waals surface area contributed by atoms with E-state index in [9.17, 15) is 18.0 Å². The van der Waals surface area contributed by atoms with Crippen LogP contribution in [0.4, 0.5) is 13.2 Å². The number of ether oxygens (including phenoxy) is 1. The van der Waals surface area contributed by atoms with Crippen molar-refractivity contribution in [3.63, 3.8) is 0 Å². The number of carbonyl (C=O) groups excluding carboxylic acids is 1. The molecule has 0 bridgehead atoms. The molecular formula is C19H18F3NO2. The Hall–Kier alpha value is -2.50. The van der Waals surface area contributed by atoms with Crippen LogP contribution in [0, 0.1) is 0 Å². The zero-order valence-electron chi connectivity index (χ0n) is 13.7. The van der Waals surface area contributed by atoms with Gasteiger partial charge in [-0.2, -0.15) is 0 Å². The molecule has 3 nitrogen and oxygen atoms in total. The average molecular weight is 349 g/mol. The fraction of sp³-hybridized carbons (Fsp3) is 0.316. The van der Waals surface area contributed by atoms with E-state index in [-0.39, 0.29) is 24.1 Å². The van der Waals surface area contributed by atoms with Gasteiger partial charge in [-0.05, 0) is 41.7 Å². The van der Waals surface area contributed by atoms with Crippen LogP contribution >= 0.6 is 0 Å². The number of hydrogen-bond acceptors (Lipinski definition) is 2. The molecule has 2 aromatic carbocycles. The first-order chi connectivity index (χ1) is 11.8. The molecule has 1 amide bonds. The highest BCUT2D eigenvalue weighted by molar-refractivity contribution is 5.79. The molecule has 0 saturated carbocycles. The zero-order valence-corrected chi connectivity index (χ0v) is 13.7. The van der Waals surface area contributed by atoms with Crippen molar-refractivity contribution in [3.8, 4) is 5.75 Å². The molecule has 3 rings (SSSR count). The van der Waals surface area contributed by atoms with Gasteiger partial charge in [0, 0.05) is 7.05 Å². The second-order valence-corrected chi connectivity index (χ2v) is 6.13. The molecule has 0 N–H and O–H groups in total. The zero-order chi connectivity index (χ0) is 18.0. The Balaban J connectivity index is 1.64. The molecule has 1 atom stereocenters. The van der Waals surface area contributed by atoms with E-state index in [1.807, 2.05) is 18.2 Å². The largest absolute Gasteiger partial charge is 0.573 e. The molecule has 132 valence electrons. The van der Waals surface area contributed by atoms with Crippen LogP contribution in [0.3, 0.4) is 0 Å². The molecule has 0 aliphatic heterocycles. The number of alkyl halides is 3. The Kier molecular flexibility index (Phi) is 4.70. The number of rotatable bonds is 4. The minimum absolute atomic E-state index is 0.0523. The first kappa shape index (κ1) is 17.3. The Labute approximate surface area is 144 Å². The lowest BCUT2D eigenvalue weighted by molar-refractivity contribution is -0.274. The number of likely N-dealkylation sites (N-methyl/N-ethyl adjacent to an activating group) is 1. The van der Waals surface area contributed by atoms with Gasteiger partial charge in [0.1, 0.15) is 5.75 Å². The Morgan fingerprint density at radius 3 is 2.52 bits per heavy atom. The highest BCUT2D eigenvalue weighted by Crippen LogP contribution is 2.35. The molecule has 0 aromatic heterocycles. The summed E-state index contributed by atoms with van der Waals surface area (Å²) in [5.41, 5.74) is 3.09. The SMILES string of the molecule is CN(C(=O)Cc1ccc(OC(F)(F)F)cc1)C1CCc2ccccc21. The second kappa shape index (κ2) is 6.78. The van der Waals surface area contributed by atoms with Gasteiger partial charge in [0.15, 0.2) is 0 Å².